The van der Waals surface area contributed by atoms with E-state index in [9.17, 15) is 8.42 Å². The molecule has 0 fully saturated rings. The molecule has 1 unspecified atom stereocenters. The Bertz CT molecular complexity index is 767. The summed E-state index contributed by atoms with van der Waals surface area (Å²) in [5, 5.41) is 0.114. The van der Waals surface area contributed by atoms with E-state index in [4.69, 9.17) is 5.73 Å². The van der Waals surface area contributed by atoms with Gasteiger partial charge in [0.05, 0.1) is 6.20 Å². The van der Waals surface area contributed by atoms with Gasteiger partial charge in [0.1, 0.15) is 5.82 Å². The zero-order valence-electron chi connectivity index (χ0n) is 11.8. The zero-order chi connectivity index (χ0) is 15.0. The fourth-order valence-corrected chi connectivity index (χ4v) is 3.86. The SMILES string of the molecule is CCc1ncc(S(=O)(=O)NC2CCc3cc(N)ccc32)[nH]1. The third kappa shape index (κ3) is 2.66. The maximum absolute atomic E-state index is 12.4. The monoisotopic (exact) mass is 306 g/mol. The highest BCUT2D eigenvalue weighted by molar-refractivity contribution is 7.89. The van der Waals surface area contributed by atoms with Gasteiger partial charge in [0.25, 0.3) is 10.0 Å². The second kappa shape index (κ2) is 5.16. The Hall–Kier alpha value is -1.86. The van der Waals surface area contributed by atoms with Crippen LogP contribution in [0.15, 0.2) is 29.4 Å². The summed E-state index contributed by atoms with van der Waals surface area (Å²) in [6.07, 6.45) is 3.60. The third-order valence-electron chi connectivity index (χ3n) is 3.77. The van der Waals surface area contributed by atoms with Crippen molar-refractivity contribution < 1.29 is 8.42 Å². The van der Waals surface area contributed by atoms with E-state index >= 15 is 0 Å². The first kappa shape index (κ1) is 14.1. The van der Waals surface area contributed by atoms with E-state index in [1.54, 1.807) is 6.07 Å². The van der Waals surface area contributed by atoms with Gasteiger partial charge in [0.15, 0.2) is 5.03 Å². The quantitative estimate of drug-likeness (QED) is 0.745. The number of nitrogens with one attached hydrogen (secondary N) is 2. The van der Waals surface area contributed by atoms with Gasteiger partial charge in [-0.3, -0.25) is 0 Å². The molecule has 7 heteroatoms. The van der Waals surface area contributed by atoms with E-state index in [1.165, 1.54) is 6.20 Å². The van der Waals surface area contributed by atoms with Crippen LogP contribution in [0.2, 0.25) is 0 Å². The maximum atomic E-state index is 12.4. The second-order valence-electron chi connectivity index (χ2n) is 5.22. The predicted octanol–water partition coefficient (Wildman–Crippen LogP) is 1.52. The molecule has 1 aliphatic carbocycles. The van der Waals surface area contributed by atoms with E-state index in [0.29, 0.717) is 17.9 Å². The minimum absolute atomic E-state index is 0.114. The molecule has 0 radical (unpaired) electrons. The predicted molar refractivity (Wildman–Crippen MR) is 80.2 cm³/mol. The molecule has 1 heterocycles. The second-order valence-corrected chi connectivity index (χ2v) is 6.90. The maximum Gasteiger partial charge on any atom is 0.258 e. The molecule has 0 saturated carbocycles. The standard InChI is InChI=1S/C14H18N4O2S/c1-2-13-16-8-14(17-13)21(19,20)18-12-6-3-9-7-10(15)4-5-11(9)12/h4-5,7-8,12,18H,2-3,6,15H2,1H3,(H,16,17). The first-order valence-corrected chi connectivity index (χ1v) is 8.42. The summed E-state index contributed by atoms with van der Waals surface area (Å²) >= 11 is 0. The molecule has 0 amide bonds. The highest BCUT2D eigenvalue weighted by Gasteiger charge is 2.28. The summed E-state index contributed by atoms with van der Waals surface area (Å²) in [7, 11) is -3.59. The molecule has 1 aliphatic rings. The number of anilines is 1. The van der Waals surface area contributed by atoms with E-state index in [0.717, 1.165) is 24.0 Å². The van der Waals surface area contributed by atoms with Crippen molar-refractivity contribution in [1.82, 2.24) is 14.7 Å². The number of rotatable bonds is 4. The molecule has 2 aromatic rings. The summed E-state index contributed by atoms with van der Waals surface area (Å²) in [5.74, 6) is 0.662. The highest BCUT2D eigenvalue weighted by atomic mass is 32.2. The lowest BCUT2D eigenvalue weighted by Crippen LogP contribution is -2.27. The van der Waals surface area contributed by atoms with Crippen molar-refractivity contribution in [3.05, 3.63) is 41.3 Å². The van der Waals surface area contributed by atoms with Crippen LogP contribution >= 0.6 is 0 Å². The van der Waals surface area contributed by atoms with Gasteiger partial charge in [-0.05, 0) is 36.1 Å². The number of nitrogens with zero attached hydrogens (tertiary/aromatic N) is 1. The topological polar surface area (TPSA) is 101 Å². The van der Waals surface area contributed by atoms with Gasteiger partial charge < -0.3 is 10.7 Å². The van der Waals surface area contributed by atoms with Gasteiger partial charge in [-0.25, -0.2) is 18.1 Å². The number of sulfonamides is 1. The number of hydrogen-bond acceptors (Lipinski definition) is 4. The molecule has 3 rings (SSSR count). The van der Waals surface area contributed by atoms with Gasteiger partial charge in [-0.1, -0.05) is 13.0 Å². The lowest BCUT2D eigenvalue weighted by molar-refractivity contribution is 0.551. The summed E-state index contributed by atoms with van der Waals surface area (Å²) in [6.45, 7) is 1.92. The molecule has 4 N–H and O–H groups in total. The Morgan fingerprint density at radius 2 is 2.29 bits per heavy atom. The van der Waals surface area contributed by atoms with E-state index in [1.807, 2.05) is 19.1 Å². The normalized spacial score (nSPS) is 17.9. The van der Waals surface area contributed by atoms with Crippen LogP contribution in [0.4, 0.5) is 5.69 Å². The molecule has 112 valence electrons. The lowest BCUT2D eigenvalue weighted by Gasteiger charge is -2.13. The Morgan fingerprint density at radius 3 is 3.00 bits per heavy atom. The number of hydrogen-bond donors (Lipinski definition) is 3. The molecule has 21 heavy (non-hydrogen) atoms. The number of aromatic amines is 1. The molecule has 1 aromatic carbocycles. The molecular weight excluding hydrogens is 288 g/mol. The van der Waals surface area contributed by atoms with Crippen molar-refractivity contribution >= 4 is 15.7 Å². The first-order chi connectivity index (χ1) is 9.99. The molecule has 1 atom stereocenters. The zero-order valence-corrected chi connectivity index (χ0v) is 12.6. The summed E-state index contributed by atoms with van der Waals surface area (Å²) in [4.78, 5) is 6.87. The minimum atomic E-state index is -3.59. The molecule has 0 spiro atoms. The van der Waals surface area contributed by atoms with Crippen LogP contribution in [0.25, 0.3) is 0 Å². The van der Waals surface area contributed by atoms with Gasteiger partial charge in [0.2, 0.25) is 0 Å². The van der Waals surface area contributed by atoms with Crippen molar-refractivity contribution in [1.29, 1.82) is 0 Å². The number of nitrogen functional groups attached to an aromatic ring is 1. The molecule has 1 aromatic heterocycles. The van der Waals surface area contributed by atoms with Crippen LogP contribution in [0.1, 0.15) is 36.3 Å². The van der Waals surface area contributed by atoms with Crippen LogP contribution < -0.4 is 10.5 Å². The number of aromatic nitrogens is 2. The van der Waals surface area contributed by atoms with Gasteiger partial charge in [0, 0.05) is 18.2 Å². The smallest absolute Gasteiger partial charge is 0.258 e. The average Bonchev–Trinajstić information content (AvgIpc) is 3.06. The Kier molecular flexibility index (Phi) is 3.46. The fraction of sp³-hybridized carbons (Fsp3) is 0.357. The Labute approximate surface area is 123 Å². The van der Waals surface area contributed by atoms with Crippen molar-refractivity contribution in [3.8, 4) is 0 Å². The van der Waals surface area contributed by atoms with Crippen molar-refractivity contribution in [3.63, 3.8) is 0 Å². The minimum Gasteiger partial charge on any atom is -0.399 e. The van der Waals surface area contributed by atoms with E-state index in [2.05, 4.69) is 14.7 Å². The van der Waals surface area contributed by atoms with Crippen LogP contribution in [0.3, 0.4) is 0 Å². The number of aryl methyl sites for hydroxylation is 2. The average molecular weight is 306 g/mol. The largest absolute Gasteiger partial charge is 0.399 e. The van der Waals surface area contributed by atoms with Gasteiger partial charge in [-0.15, -0.1) is 0 Å². The first-order valence-electron chi connectivity index (χ1n) is 6.94. The molecule has 6 nitrogen and oxygen atoms in total. The van der Waals surface area contributed by atoms with E-state index in [-0.39, 0.29) is 11.1 Å². The van der Waals surface area contributed by atoms with Crippen molar-refractivity contribution in [2.75, 3.05) is 5.73 Å². The third-order valence-corrected chi connectivity index (χ3v) is 5.15. The molecular formula is C14H18N4O2S. The number of fused-ring (bicyclic) bond motifs is 1. The number of imidazole rings is 1. The van der Waals surface area contributed by atoms with Crippen LogP contribution in [-0.4, -0.2) is 18.4 Å². The highest BCUT2D eigenvalue weighted by Crippen LogP contribution is 2.33. The number of H-pyrrole nitrogens is 1. The molecule has 0 aliphatic heterocycles. The summed E-state index contributed by atoms with van der Waals surface area (Å²) in [5.41, 5.74) is 8.58. The van der Waals surface area contributed by atoms with Crippen molar-refractivity contribution in [2.45, 2.75) is 37.3 Å². The van der Waals surface area contributed by atoms with Crippen LogP contribution in [0, 0.1) is 0 Å². The Morgan fingerprint density at radius 1 is 1.48 bits per heavy atom. The fourth-order valence-electron chi connectivity index (χ4n) is 2.67. The van der Waals surface area contributed by atoms with E-state index < -0.39 is 10.0 Å². The lowest BCUT2D eigenvalue weighted by atomic mass is 10.1. The van der Waals surface area contributed by atoms with Crippen LogP contribution in [-0.2, 0) is 22.9 Å². The molecule has 0 bridgehead atoms. The van der Waals surface area contributed by atoms with Gasteiger partial charge >= 0.3 is 0 Å². The summed E-state index contributed by atoms with van der Waals surface area (Å²) < 4.78 is 27.5. The van der Waals surface area contributed by atoms with Crippen molar-refractivity contribution in [2.24, 2.45) is 0 Å². The van der Waals surface area contributed by atoms with Gasteiger partial charge in [-0.2, -0.15) is 0 Å². The van der Waals surface area contributed by atoms with Crippen LogP contribution in [0.5, 0.6) is 0 Å². The Balaban J connectivity index is 1.85. The number of benzene rings is 1. The number of nitrogens with two attached hydrogens (primary N) is 1. The summed E-state index contributed by atoms with van der Waals surface area (Å²) in [6, 6.07) is 5.40. The molecule has 0 saturated heterocycles.